The van der Waals surface area contributed by atoms with Crippen molar-refractivity contribution in [1.82, 2.24) is 58.1 Å². The fourth-order valence-electron chi connectivity index (χ4n) is 18.1. The minimum atomic E-state index is 0. The van der Waals surface area contributed by atoms with Crippen molar-refractivity contribution in [3.05, 3.63) is 429 Å². The molecule has 3 aliphatic rings. The van der Waals surface area contributed by atoms with Crippen molar-refractivity contribution in [2.24, 2.45) is 0 Å². The predicted octanol–water partition coefficient (Wildman–Crippen LogP) is 25.7. The van der Waals surface area contributed by atoms with Gasteiger partial charge in [0.05, 0.1) is 45.9 Å². The fraction of sp³-hybridized carbons (Fsp3) is 0.0973. The summed E-state index contributed by atoms with van der Waals surface area (Å²) in [5, 5.41) is 10.6. The van der Waals surface area contributed by atoms with E-state index in [1.165, 1.54) is 116 Å². The van der Waals surface area contributed by atoms with Gasteiger partial charge in [0, 0.05) is 82.3 Å². The van der Waals surface area contributed by atoms with Crippen LogP contribution < -0.4 is 29.4 Å². The van der Waals surface area contributed by atoms with Gasteiger partial charge in [-0.2, -0.15) is 97.7 Å². The molecule has 3 aliphatic heterocycles. The smallest absolute Gasteiger partial charge is 0.501 e. The van der Waals surface area contributed by atoms with Crippen molar-refractivity contribution in [2.75, 3.05) is 43.5 Å². The van der Waals surface area contributed by atoms with Crippen LogP contribution in [0.1, 0.15) is 50.1 Å². The van der Waals surface area contributed by atoms with Crippen LogP contribution in [0, 0.1) is 119 Å². The van der Waals surface area contributed by atoms with Crippen LogP contribution in [0.4, 0.5) is 57.5 Å². The first-order valence-electron chi connectivity index (χ1n) is 43.5. The number of aryl methyl sites for hydroxylation is 9. The summed E-state index contributed by atoms with van der Waals surface area (Å²) < 4.78 is 6.88. The molecule has 134 heavy (non-hydrogen) atoms. The van der Waals surface area contributed by atoms with Crippen LogP contribution in [-0.2, 0) is 60.3 Å². The molecule has 0 spiro atoms. The average molecular weight is 2280 g/mol. The predicted molar refractivity (Wildman–Crippen MR) is 533 cm³/mol. The number of imidazole rings is 3. The molecule has 0 amide bonds. The Morgan fingerprint density at radius 3 is 0.985 bits per heavy atom. The van der Waals surface area contributed by atoms with Crippen molar-refractivity contribution >= 4 is 139 Å². The molecule has 658 valence electrons. The molecule has 12 heterocycles. The van der Waals surface area contributed by atoms with E-state index in [1.807, 2.05) is 210 Å². The van der Waals surface area contributed by atoms with Gasteiger partial charge in [0.25, 0.3) is 0 Å². The number of rotatable bonds is 7. The van der Waals surface area contributed by atoms with E-state index in [1.54, 1.807) is 31.1 Å². The molecule has 0 radical (unpaired) electrons. The second kappa shape index (κ2) is 39.5. The molecule has 0 aliphatic carbocycles. The number of anilines is 10. The number of para-hydroxylation sites is 4. The monoisotopic (exact) mass is 2280 g/mol. The number of nitrogens with zero attached hydrogens (tertiary/aromatic N) is 18. The molecule has 0 saturated heterocycles. The third-order valence-corrected chi connectivity index (χ3v) is 24.1. The molecule has 0 N–H and O–H groups in total. The summed E-state index contributed by atoms with van der Waals surface area (Å²) in [7, 11) is 3.93. The molecule has 25 rings (SSSR count). The largest absolute Gasteiger partial charge is 3.00 e. The van der Waals surface area contributed by atoms with E-state index in [-0.39, 0.29) is 60.3 Å². The van der Waals surface area contributed by atoms with E-state index in [0.29, 0.717) is 0 Å². The first-order valence-corrected chi connectivity index (χ1v) is 43.5. The molecular formula is C113H89Ir3N18. The zero-order valence-corrected chi connectivity index (χ0v) is 82.6. The van der Waals surface area contributed by atoms with Crippen LogP contribution >= 0.6 is 0 Å². The number of hydrogen-bond donors (Lipinski definition) is 0. The van der Waals surface area contributed by atoms with Crippen LogP contribution in [0.3, 0.4) is 0 Å². The summed E-state index contributed by atoms with van der Waals surface area (Å²) in [6.45, 7) is 25.4. The molecule has 9 aromatic heterocycles. The second-order valence-corrected chi connectivity index (χ2v) is 32.9. The Morgan fingerprint density at radius 1 is 0.269 bits per heavy atom. The molecule has 0 atom stereocenters. The summed E-state index contributed by atoms with van der Waals surface area (Å²) in [4.78, 5) is 52.2. The van der Waals surface area contributed by atoms with Gasteiger partial charge in [-0.1, -0.05) is 142 Å². The molecule has 22 aromatic rings. The first-order chi connectivity index (χ1) is 64.1. The number of fused-ring (bicyclic) bond motifs is 21. The van der Waals surface area contributed by atoms with Gasteiger partial charge in [-0.25, -0.2) is 29.9 Å². The first kappa shape index (κ1) is 91.4. The number of aromatic nitrogens is 12. The maximum Gasteiger partial charge on any atom is 3.00 e. The topological polar surface area (TPSA) is 149 Å². The Hall–Kier alpha value is -14.5. The van der Waals surface area contributed by atoms with Crippen molar-refractivity contribution in [3.8, 4) is 33.8 Å². The fourth-order valence-corrected chi connectivity index (χ4v) is 18.1. The van der Waals surface area contributed by atoms with E-state index < -0.39 is 0 Å². The number of pyridine rings is 3. The molecule has 0 fully saturated rings. The Balaban J connectivity index is 0.000000113. The average Bonchev–Trinajstić information content (AvgIpc) is 1.56. The second-order valence-electron chi connectivity index (χ2n) is 32.9. The van der Waals surface area contributed by atoms with Crippen LogP contribution in [0.25, 0.3) is 116 Å². The third-order valence-electron chi connectivity index (χ3n) is 24.1. The van der Waals surface area contributed by atoms with Gasteiger partial charge in [-0.3, -0.25) is 15.0 Å². The summed E-state index contributed by atoms with van der Waals surface area (Å²) in [6.07, 6.45) is 16.2. The normalized spacial score (nSPS) is 12.2. The van der Waals surface area contributed by atoms with Gasteiger partial charge < -0.3 is 42.6 Å². The summed E-state index contributed by atoms with van der Waals surface area (Å²) >= 11 is 0. The van der Waals surface area contributed by atoms with Crippen molar-refractivity contribution in [3.63, 3.8) is 0 Å². The molecule has 21 heteroatoms. The molecule has 18 nitrogen and oxygen atoms in total. The SMILES string of the molecule is CN1[CH-]N(c2[c-]cccc2)c2nccnc21.CN1[CH-]N(c2[c-]cccc2)c2ncncc21.Cc1ccc2c(c1)c1ccc[c-]c1c1ncc(-c3c(C)cccc3C)n21.Cc1ccc2c(c1)c1ccc[c-]c1c1ncc(-c3c(C)cccc3C)n21.Cc1ccc2c(c1)c1ccc[c-]c1c1ncc(-c3c(C)cccc3C)n21.[Ir+3].[Ir+3].[Ir+3].[c-]1ccccc1N1[CH-]N(c2ccccc2)c2nccnc21. The van der Waals surface area contributed by atoms with Crippen LogP contribution in [0.15, 0.2) is 323 Å². The van der Waals surface area contributed by atoms with Crippen molar-refractivity contribution in [2.45, 2.75) is 62.3 Å². The van der Waals surface area contributed by atoms with E-state index in [0.717, 1.165) is 108 Å². The molecule has 0 saturated carbocycles. The maximum absolute atomic E-state index is 4.81. The minimum Gasteiger partial charge on any atom is -0.501 e. The van der Waals surface area contributed by atoms with E-state index in [2.05, 4.69) is 287 Å². The van der Waals surface area contributed by atoms with E-state index in [9.17, 15) is 0 Å². The Bertz CT molecular complexity index is 7340. The molecular weight excluding hydrogens is 2190 g/mol. The van der Waals surface area contributed by atoms with E-state index >= 15 is 0 Å². The zero-order chi connectivity index (χ0) is 89.5. The van der Waals surface area contributed by atoms with Crippen molar-refractivity contribution < 1.29 is 60.3 Å². The van der Waals surface area contributed by atoms with Gasteiger partial charge in [0.1, 0.15) is 35.4 Å². The standard InChI is InChI=1S/3C24H19N2.C17H12N4.2C12H10N4.3Ir/c3*1-15-11-12-21-20(13-15)18-9-4-5-10-19(18)24-25-14-22(26(21)24)23-16(2)7-6-8-17(23)3;1-3-7-14(8-4-1)20-13-21(15-9-5-2-6-10-15)17-16(20)18-11-12-19-17;1-15-9-16(10-5-3-2-4-6-10)12-11(15)7-13-8-14-12;1-15-9-16(10-5-3-2-4-6-10)12-11(15)13-7-8-14-12;;;/h3*4-9,11-14H,1-3H3;1-9,11-13H;2*2-5,7-9H,1H3;;;/q3*-1;3*-2;3*+3. The third kappa shape index (κ3) is 17.3. The van der Waals surface area contributed by atoms with Gasteiger partial charge in [0.2, 0.25) is 0 Å². The van der Waals surface area contributed by atoms with Gasteiger partial charge >= 0.3 is 60.3 Å². The maximum atomic E-state index is 4.81. The zero-order valence-electron chi connectivity index (χ0n) is 75.4. The van der Waals surface area contributed by atoms with Gasteiger partial charge in [-0.15, -0.1) is 119 Å². The number of benzene rings is 13. The molecule has 13 aromatic carbocycles. The Labute approximate surface area is 820 Å². The summed E-state index contributed by atoms with van der Waals surface area (Å²) in [6, 6.07) is 111. The van der Waals surface area contributed by atoms with Gasteiger partial charge in [-0.05, 0) is 156 Å². The van der Waals surface area contributed by atoms with Crippen LogP contribution in [-0.4, -0.2) is 72.2 Å². The minimum absolute atomic E-state index is 0. The molecule has 0 unspecified atom stereocenters. The van der Waals surface area contributed by atoms with Gasteiger partial charge in [0.15, 0.2) is 0 Å². The Kier molecular flexibility index (Phi) is 26.9. The van der Waals surface area contributed by atoms with Crippen LogP contribution in [0.2, 0.25) is 0 Å². The summed E-state index contributed by atoms with van der Waals surface area (Å²) in [5.41, 5.74) is 30.0. The van der Waals surface area contributed by atoms with Crippen LogP contribution in [0.5, 0.6) is 0 Å². The Morgan fingerprint density at radius 2 is 0.604 bits per heavy atom. The van der Waals surface area contributed by atoms with Crippen molar-refractivity contribution in [1.29, 1.82) is 0 Å². The quantitative estimate of drug-likeness (QED) is 0.110. The molecule has 0 bridgehead atoms. The van der Waals surface area contributed by atoms with E-state index in [4.69, 9.17) is 15.0 Å². The summed E-state index contributed by atoms with van der Waals surface area (Å²) in [5.74, 6) is 4.22. The number of hydrogen-bond acceptors (Lipinski definition) is 15.